The molecule has 0 aliphatic carbocycles. The first-order valence-corrected chi connectivity index (χ1v) is 8.98. The highest BCUT2D eigenvalue weighted by Crippen LogP contribution is 2.18. The molecule has 0 unspecified atom stereocenters. The van der Waals surface area contributed by atoms with Crippen molar-refractivity contribution < 1.29 is 9.59 Å². The van der Waals surface area contributed by atoms with Crippen LogP contribution in [0.25, 0.3) is 11.4 Å². The molecule has 7 heteroatoms. The number of H-pyrrole nitrogens is 1. The molecule has 1 amide bonds. The third-order valence-electron chi connectivity index (χ3n) is 4.21. The number of ketones is 1. The summed E-state index contributed by atoms with van der Waals surface area (Å²) in [4.78, 5) is 23.6. The topological polar surface area (TPSA) is 79.8 Å². The highest BCUT2D eigenvalue weighted by atomic mass is 32.1. The molecule has 2 aromatic carbocycles. The van der Waals surface area contributed by atoms with Crippen molar-refractivity contribution in [2.45, 2.75) is 26.8 Å². The van der Waals surface area contributed by atoms with Crippen LogP contribution in [0.2, 0.25) is 0 Å². The second-order valence-electron chi connectivity index (χ2n) is 6.30. The lowest BCUT2D eigenvalue weighted by Crippen LogP contribution is -2.15. The molecule has 0 aliphatic heterocycles. The van der Waals surface area contributed by atoms with Crippen LogP contribution in [-0.4, -0.2) is 26.5 Å². The Kier molecular flexibility index (Phi) is 5.61. The van der Waals surface area contributed by atoms with Crippen LogP contribution in [0.5, 0.6) is 0 Å². The molecule has 1 aromatic heterocycles. The monoisotopic (exact) mass is 380 g/mol. The number of carbonyl (C=O) groups is 2. The second kappa shape index (κ2) is 8.09. The first kappa shape index (κ1) is 18.7. The van der Waals surface area contributed by atoms with Gasteiger partial charge in [-0.3, -0.25) is 19.3 Å². The van der Waals surface area contributed by atoms with Crippen LogP contribution in [0.1, 0.15) is 29.3 Å². The summed E-state index contributed by atoms with van der Waals surface area (Å²) in [5.74, 6) is 0.563. The average molecular weight is 380 g/mol. The number of amides is 1. The summed E-state index contributed by atoms with van der Waals surface area (Å²) in [5, 5.41) is 9.91. The van der Waals surface area contributed by atoms with Crippen LogP contribution >= 0.6 is 12.2 Å². The number of benzene rings is 2. The van der Waals surface area contributed by atoms with Crippen LogP contribution in [0, 0.1) is 11.7 Å². The van der Waals surface area contributed by atoms with E-state index in [0.717, 1.165) is 11.1 Å². The molecule has 0 fully saturated rings. The third-order valence-corrected chi connectivity index (χ3v) is 4.52. The fourth-order valence-electron chi connectivity index (χ4n) is 2.67. The maximum absolute atomic E-state index is 12.3. The normalized spacial score (nSPS) is 10.6. The lowest BCUT2D eigenvalue weighted by Gasteiger charge is -2.08. The zero-order valence-electron chi connectivity index (χ0n) is 15.2. The molecule has 0 spiro atoms. The van der Waals surface area contributed by atoms with Crippen molar-refractivity contribution in [3.63, 3.8) is 0 Å². The fourth-order valence-corrected chi connectivity index (χ4v) is 2.90. The van der Waals surface area contributed by atoms with Gasteiger partial charge in [-0.25, -0.2) is 0 Å². The summed E-state index contributed by atoms with van der Waals surface area (Å²) in [5.41, 5.74) is 3.36. The Hall–Kier alpha value is -3.06. The molecule has 3 rings (SSSR count). The summed E-state index contributed by atoms with van der Waals surface area (Å²) in [6, 6.07) is 14.8. The maximum Gasteiger partial charge on any atom is 0.226 e. The largest absolute Gasteiger partial charge is 0.326 e. The van der Waals surface area contributed by atoms with E-state index in [2.05, 4.69) is 15.5 Å². The van der Waals surface area contributed by atoms with Gasteiger partial charge in [-0.15, -0.1) is 0 Å². The number of carbonyl (C=O) groups excluding carboxylic acids is 2. The minimum absolute atomic E-state index is 0.00848. The number of anilines is 1. The molecule has 0 saturated heterocycles. The van der Waals surface area contributed by atoms with Crippen molar-refractivity contribution >= 4 is 29.6 Å². The van der Waals surface area contributed by atoms with Gasteiger partial charge in [-0.2, -0.15) is 5.10 Å². The lowest BCUT2D eigenvalue weighted by atomic mass is 10.1. The summed E-state index contributed by atoms with van der Waals surface area (Å²) in [7, 11) is 0. The molecule has 0 bridgehead atoms. The maximum atomic E-state index is 12.3. The summed E-state index contributed by atoms with van der Waals surface area (Å²) < 4.78 is 2.29. The number of rotatable bonds is 6. The van der Waals surface area contributed by atoms with E-state index in [4.69, 9.17) is 12.2 Å². The zero-order chi connectivity index (χ0) is 19.4. The third kappa shape index (κ3) is 4.57. The Morgan fingerprint density at radius 3 is 2.41 bits per heavy atom. The van der Waals surface area contributed by atoms with Crippen LogP contribution in [0.15, 0.2) is 48.5 Å². The Labute approximate surface area is 162 Å². The molecule has 1 heterocycles. The fraction of sp³-hybridized carbons (Fsp3) is 0.200. The Balaban J connectivity index is 1.67. The first-order chi connectivity index (χ1) is 12.9. The molecule has 2 N–H and O–H groups in total. The number of nitrogens with zero attached hydrogens (tertiary/aromatic N) is 2. The van der Waals surface area contributed by atoms with Crippen molar-refractivity contribution in [2.24, 2.45) is 0 Å². The number of aryl methyl sites for hydroxylation is 1. The SMILES string of the molecule is CC(=O)c1ccc(NC(=O)CCn2c(-c3ccc(C)cc3)n[nH]c2=S)cc1. The standard InChI is InChI=1S/C20H20N4O2S/c1-13-3-5-16(6-4-13)19-22-23-20(27)24(19)12-11-18(26)21-17-9-7-15(8-10-17)14(2)25/h3-10H,11-12H2,1-2H3,(H,21,26)(H,23,27). The van der Waals surface area contributed by atoms with Gasteiger partial charge in [0, 0.05) is 29.8 Å². The number of aromatic nitrogens is 3. The minimum atomic E-state index is -0.136. The van der Waals surface area contributed by atoms with Gasteiger partial charge < -0.3 is 5.32 Å². The van der Waals surface area contributed by atoms with E-state index < -0.39 is 0 Å². The average Bonchev–Trinajstić information content (AvgIpc) is 3.01. The Morgan fingerprint density at radius 2 is 1.78 bits per heavy atom. The van der Waals surface area contributed by atoms with Gasteiger partial charge in [0.05, 0.1) is 0 Å². The predicted octanol–water partition coefficient (Wildman–Crippen LogP) is 4.15. The van der Waals surface area contributed by atoms with Crippen LogP contribution in [0.4, 0.5) is 5.69 Å². The molecule has 0 atom stereocenters. The number of hydrogen-bond donors (Lipinski definition) is 2. The predicted molar refractivity (Wildman–Crippen MR) is 107 cm³/mol. The van der Waals surface area contributed by atoms with E-state index in [9.17, 15) is 9.59 Å². The van der Waals surface area contributed by atoms with E-state index in [1.807, 2.05) is 35.8 Å². The molecule has 0 aliphatic rings. The van der Waals surface area contributed by atoms with E-state index in [-0.39, 0.29) is 18.1 Å². The van der Waals surface area contributed by atoms with Crippen molar-refractivity contribution in [1.82, 2.24) is 14.8 Å². The molecule has 27 heavy (non-hydrogen) atoms. The molecule has 138 valence electrons. The van der Waals surface area contributed by atoms with Crippen molar-refractivity contribution in [3.05, 3.63) is 64.4 Å². The van der Waals surface area contributed by atoms with Gasteiger partial charge in [0.15, 0.2) is 16.4 Å². The number of nitrogens with one attached hydrogen (secondary N) is 2. The molecule has 0 radical (unpaired) electrons. The summed E-state index contributed by atoms with van der Waals surface area (Å²) in [6.45, 7) is 3.94. The first-order valence-electron chi connectivity index (χ1n) is 8.57. The number of hydrogen-bond acceptors (Lipinski definition) is 4. The lowest BCUT2D eigenvalue weighted by molar-refractivity contribution is -0.116. The number of aromatic amines is 1. The molecular weight excluding hydrogens is 360 g/mol. The van der Waals surface area contributed by atoms with E-state index in [1.54, 1.807) is 24.3 Å². The van der Waals surface area contributed by atoms with E-state index in [0.29, 0.717) is 28.4 Å². The van der Waals surface area contributed by atoms with Crippen LogP contribution in [0.3, 0.4) is 0 Å². The summed E-state index contributed by atoms with van der Waals surface area (Å²) >= 11 is 5.30. The Bertz CT molecular complexity index is 1020. The molecule has 6 nitrogen and oxygen atoms in total. The van der Waals surface area contributed by atoms with Gasteiger partial charge >= 0.3 is 0 Å². The molecule has 0 saturated carbocycles. The second-order valence-corrected chi connectivity index (χ2v) is 6.69. The highest BCUT2D eigenvalue weighted by molar-refractivity contribution is 7.71. The molecule has 3 aromatic rings. The van der Waals surface area contributed by atoms with Crippen LogP contribution in [-0.2, 0) is 11.3 Å². The van der Waals surface area contributed by atoms with Gasteiger partial charge in [0.2, 0.25) is 5.91 Å². The zero-order valence-corrected chi connectivity index (χ0v) is 16.0. The quantitative estimate of drug-likeness (QED) is 0.497. The van der Waals surface area contributed by atoms with Crippen molar-refractivity contribution in [1.29, 1.82) is 0 Å². The smallest absolute Gasteiger partial charge is 0.226 e. The minimum Gasteiger partial charge on any atom is -0.326 e. The van der Waals surface area contributed by atoms with Gasteiger partial charge in [0.25, 0.3) is 0 Å². The van der Waals surface area contributed by atoms with E-state index in [1.165, 1.54) is 6.92 Å². The summed E-state index contributed by atoms with van der Waals surface area (Å²) in [6.07, 6.45) is 0.251. The van der Waals surface area contributed by atoms with Gasteiger partial charge in [-0.1, -0.05) is 29.8 Å². The van der Waals surface area contributed by atoms with Crippen molar-refractivity contribution in [2.75, 3.05) is 5.32 Å². The van der Waals surface area contributed by atoms with E-state index >= 15 is 0 Å². The highest BCUT2D eigenvalue weighted by Gasteiger charge is 2.11. The van der Waals surface area contributed by atoms with Gasteiger partial charge in [0.1, 0.15) is 0 Å². The van der Waals surface area contributed by atoms with Gasteiger partial charge in [-0.05, 0) is 50.3 Å². The number of Topliss-reactive ketones (excluding diaryl/α,β-unsaturated/α-hetero) is 1. The van der Waals surface area contributed by atoms with Crippen LogP contribution < -0.4 is 5.32 Å². The molecular formula is C20H20N4O2S. The Morgan fingerprint density at radius 1 is 1.11 bits per heavy atom. The van der Waals surface area contributed by atoms with Crippen molar-refractivity contribution in [3.8, 4) is 11.4 Å².